The topological polar surface area (TPSA) is 114 Å². The van der Waals surface area contributed by atoms with Crippen molar-refractivity contribution in [2.24, 2.45) is 0 Å². The molecule has 2 rings (SSSR count). The van der Waals surface area contributed by atoms with Gasteiger partial charge in [-0.1, -0.05) is 25.1 Å². The SMILES string of the molecule is CCCO.O=P(O)(O)O.c1ccc2[nH]ccc2c1. The Hall–Kier alpha value is -1.17. The van der Waals surface area contributed by atoms with Crippen molar-refractivity contribution in [1.29, 1.82) is 0 Å². The molecule has 6 nitrogen and oxygen atoms in total. The molecule has 1 aromatic heterocycles. The van der Waals surface area contributed by atoms with E-state index in [2.05, 4.69) is 23.2 Å². The maximum atomic E-state index is 8.88. The highest BCUT2D eigenvalue weighted by atomic mass is 31.2. The van der Waals surface area contributed by atoms with Crippen molar-refractivity contribution < 1.29 is 24.4 Å². The molecular formula is C11H18NO5P. The van der Waals surface area contributed by atoms with Gasteiger partial charge in [-0.2, -0.15) is 0 Å². The Morgan fingerprint density at radius 3 is 2.11 bits per heavy atom. The predicted molar refractivity (Wildman–Crippen MR) is 69.9 cm³/mol. The first-order valence-corrected chi connectivity index (χ1v) is 6.86. The zero-order valence-corrected chi connectivity index (χ0v) is 10.9. The van der Waals surface area contributed by atoms with Gasteiger partial charge in [-0.05, 0) is 23.9 Å². The van der Waals surface area contributed by atoms with Crippen molar-refractivity contribution in [3.63, 3.8) is 0 Å². The van der Waals surface area contributed by atoms with E-state index in [-0.39, 0.29) is 0 Å². The van der Waals surface area contributed by atoms with E-state index in [1.807, 2.05) is 25.3 Å². The quantitative estimate of drug-likeness (QED) is 0.507. The third kappa shape index (κ3) is 10.0. The van der Waals surface area contributed by atoms with Crippen LogP contribution in [0.4, 0.5) is 0 Å². The summed E-state index contributed by atoms with van der Waals surface area (Å²) in [5.74, 6) is 0. The molecule has 102 valence electrons. The molecular weight excluding hydrogens is 257 g/mol. The van der Waals surface area contributed by atoms with Crippen LogP contribution in [0.2, 0.25) is 0 Å². The van der Waals surface area contributed by atoms with Crippen molar-refractivity contribution in [3.05, 3.63) is 36.5 Å². The number of nitrogens with one attached hydrogen (secondary N) is 1. The Kier molecular flexibility index (Phi) is 8.28. The first kappa shape index (κ1) is 16.8. The standard InChI is InChI=1S/C8H7N.C3H8O.H3O4P/c1-2-4-8-7(3-1)5-6-9-8;1-2-3-4;1-5(2,3)4/h1-6,9H;4H,2-3H2,1H3;(H3,1,2,3,4). The number of aliphatic hydroxyl groups excluding tert-OH is 1. The highest BCUT2D eigenvalue weighted by molar-refractivity contribution is 7.45. The van der Waals surface area contributed by atoms with Gasteiger partial charge in [-0.3, -0.25) is 0 Å². The normalized spacial score (nSPS) is 10.1. The third-order valence-electron chi connectivity index (χ3n) is 1.69. The molecule has 0 unspecified atom stereocenters. The summed E-state index contributed by atoms with van der Waals surface area (Å²) >= 11 is 0. The van der Waals surface area contributed by atoms with Crippen molar-refractivity contribution in [2.75, 3.05) is 6.61 Å². The van der Waals surface area contributed by atoms with Crippen molar-refractivity contribution in [1.82, 2.24) is 4.98 Å². The average Bonchev–Trinajstić information content (AvgIpc) is 2.75. The second-order valence-corrected chi connectivity index (χ2v) is 4.33. The fraction of sp³-hybridized carbons (Fsp3) is 0.273. The summed E-state index contributed by atoms with van der Waals surface area (Å²) in [6, 6.07) is 10.3. The number of H-pyrrole nitrogens is 1. The monoisotopic (exact) mass is 275 g/mol. The fourth-order valence-corrected chi connectivity index (χ4v) is 0.995. The summed E-state index contributed by atoms with van der Waals surface area (Å²) in [7, 11) is -4.64. The second kappa shape index (κ2) is 8.85. The molecule has 18 heavy (non-hydrogen) atoms. The minimum absolute atomic E-state index is 0.319. The van der Waals surface area contributed by atoms with Crippen molar-refractivity contribution >= 4 is 18.7 Å². The van der Waals surface area contributed by atoms with Crippen LogP contribution in [0.25, 0.3) is 10.9 Å². The van der Waals surface area contributed by atoms with Gasteiger partial charge in [0.25, 0.3) is 0 Å². The van der Waals surface area contributed by atoms with Gasteiger partial charge in [0.15, 0.2) is 0 Å². The number of hydrogen-bond donors (Lipinski definition) is 5. The van der Waals surface area contributed by atoms with E-state index in [0.29, 0.717) is 6.61 Å². The van der Waals surface area contributed by atoms with Crippen molar-refractivity contribution in [2.45, 2.75) is 13.3 Å². The number of aliphatic hydroxyl groups is 1. The van der Waals surface area contributed by atoms with Crippen LogP contribution in [0.3, 0.4) is 0 Å². The molecule has 1 aromatic carbocycles. The van der Waals surface area contributed by atoms with E-state index in [1.54, 1.807) is 0 Å². The van der Waals surface area contributed by atoms with E-state index in [4.69, 9.17) is 24.4 Å². The number of para-hydroxylation sites is 1. The zero-order chi connectivity index (χ0) is 14.0. The first-order chi connectivity index (χ1) is 8.38. The molecule has 1 heterocycles. The van der Waals surface area contributed by atoms with Crippen LogP contribution in [0.1, 0.15) is 13.3 Å². The smallest absolute Gasteiger partial charge is 0.396 e. The Balaban J connectivity index is 0.000000278. The fourth-order valence-electron chi connectivity index (χ4n) is 0.995. The average molecular weight is 275 g/mol. The molecule has 0 atom stereocenters. The lowest BCUT2D eigenvalue weighted by Crippen LogP contribution is -1.69. The number of aromatic nitrogens is 1. The van der Waals surface area contributed by atoms with Gasteiger partial charge in [0.1, 0.15) is 0 Å². The van der Waals surface area contributed by atoms with Crippen LogP contribution in [-0.2, 0) is 4.57 Å². The molecule has 0 aliphatic heterocycles. The van der Waals surface area contributed by atoms with E-state index < -0.39 is 7.82 Å². The maximum Gasteiger partial charge on any atom is 0.466 e. The van der Waals surface area contributed by atoms with E-state index in [0.717, 1.165) is 6.42 Å². The molecule has 0 aliphatic rings. The van der Waals surface area contributed by atoms with Gasteiger partial charge in [0, 0.05) is 18.3 Å². The highest BCUT2D eigenvalue weighted by Gasteiger charge is 2.00. The van der Waals surface area contributed by atoms with Gasteiger partial charge in [-0.25, -0.2) is 4.57 Å². The maximum absolute atomic E-state index is 8.88. The summed E-state index contributed by atoms with van der Waals surface area (Å²) < 4.78 is 8.88. The zero-order valence-electron chi connectivity index (χ0n) is 10.0. The van der Waals surface area contributed by atoms with Gasteiger partial charge < -0.3 is 24.8 Å². The van der Waals surface area contributed by atoms with Crippen molar-refractivity contribution in [3.8, 4) is 0 Å². The third-order valence-corrected chi connectivity index (χ3v) is 1.69. The van der Waals surface area contributed by atoms with Gasteiger partial charge >= 0.3 is 7.82 Å². The number of fused-ring (bicyclic) bond motifs is 1. The lowest BCUT2D eigenvalue weighted by atomic mass is 10.3. The molecule has 7 heteroatoms. The van der Waals surface area contributed by atoms with Gasteiger partial charge in [-0.15, -0.1) is 0 Å². The lowest BCUT2D eigenvalue weighted by Gasteiger charge is -1.83. The predicted octanol–water partition coefficient (Wildman–Crippen LogP) is 1.63. The van der Waals surface area contributed by atoms with Crippen LogP contribution in [-0.4, -0.2) is 31.4 Å². The second-order valence-electron chi connectivity index (χ2n) is 3.30. The summed E-state index contributed by atoms with van der Waals surface area (Å²) in [6.45, 7) is 2.25. The molecule has 0 fully saturated rings. The molecule has 0 radical (unpaired) electrons. The number of hydrogen-bond acceptors (Lipinski definition) is 2. The first-order valence-electron chi connectivity index (χ1n) is 5.29. The molecule has 5 N–H and O–H groups in total. The highest BCUT2D eigenvalue weighted by Crippen LogP contribution is 2.25. The number of rotatable bonds is 1. The minimum atomic E-state index is -4.64. The van der Waals surface area contributed by atoms with Gasteiger partial charge in [0.2, 0.25) is 0 Å². The summed E-state index contributed by atoms with van der Waals surface area (Å²) in [5, 5.41) is 9.15. The van der Waals surface area contributed by atoms with Crippen LogP contribution in [0, 0.1) is 0 Å². The Labute approximate surface area is 105 Å². The lowest BCUT2D eigenvalue weighted by molar-refractivity contribution is 0.275. The molecule has 0 saturated carbocycles. The van der Waals surface area contributed by atoms with Crippen LogP contribution in [0.15, 0.2) is 36.5 Å². The summed E-state index contributed by atoms with van der Waals surface area (Å²) in [5.41, 5.74) is 1.21. The minimum Gasteiger partial charge on any atom is -0.396 e. The molecule has 2 aromatic rings. The molecule has 0 bridgehead atoms. The number of phosphoric acid groups is 1. The van der Waals surface area contributed by atoms with E-state index >= 15 is 0 Å². The van der Waals surface area contributed by atoms with Gasteiger partial charge in [0.05, 0.1) is 0 Å². The Morgan fingerprint density at radius 2 is 1.67 bits per heavy atom. The molecule has 0 aliphatic carbocycles. The largest absolute Gasteiger partial charge is 0.466 e. The number of aromatic amines is 1. The summed E-state index contributed by atoms with van der Waals surface area (Å²) in [6.07, 6.45) is 2.82. The Morgan fingerprint density at radius 1 is 1.17 bits per heavy atom. The van der Waals surface area contributed by atoms with E-state index in [9.17, 15) is 0 Å². The molecule has 0 spiro atoms. The molecule has 0 amide bonds. The van der Waals surface area contributed by atoms with E-state index in [1.165, 1.54) is 10.9 Å². The molecule has 0 saturated heterocycles. The number of benzene rings is 1. The summed E-state index contributed by atoms with van der Waals surface area (Å²) in [4.78, 5) is 24.7. The van der Waals surface area contributed by atoms with Crippen LogP contribution in [0.5, 0.6) is 0 Å². The van der Waals surface area contributed by atoms with Crippen LogP contribution >= 0.6 is 7.82 Å². The Bertz CT molecular complexity index is 438. The van der Waals surface area contributed by atoms with Crippen LogP contribution < -0.4 is 0 Å².